The summed E-state index contributed by atoms with van der Waals surface area (Å²) in [5.74, 6) is -0.254. The molecule has 1 N–H and O–H groups in total. The van der Waals surface area contributed by atoms with E-state index in [-0.39, 0.29) is 18.5 Å². The number of carbonyl (C=O) groups excluding carboxylic acids is 2. The van der Waals surface area contributed by atoms with E-state index in [0.29, 0.717) is 0 Å². The van der Waals surface area contributed by atoms with Crippen molar-refractivity contribution < 1.29 is 9.59 Å². The minimum absolute atomic E-state index is 0.0975. The Kier molecular flexibility index (Phi) is 2.71. The summed E-state index contributed by atoms with van der Waals surface area (Å²) < 4.78 is 0. The maximum Gasteiger partial charge on any atom is 0.329 e. The lowest BCUT2D eigenvalue weighted by molar-refractivity contribution is -0.117. The fourth-order valence-corrected chi connectivity index (χ4v) is 2.47. The van der Waals surface area contributed by atoms with Gasteiger partial charge in [-0.05, 0) is 34.9 Å². The van der Waals surface area contributed by atoms with Gasteiger partial charge in [-0.15, -0.1) is 0 Å². The van der Waals surface area contributed by atoms with Gasteiger partial charge < -0.3 is 0 Å². The standard InChI is InChI=1S/C15H14N2O2/c1-2-10-7-12(17-9-14(18)16-15(17)19)8-11-5-3-4-6-13(10)11/h3-8H,2,9H2,1H3,(H,16,18,19). The number of anilines is 1. The molecule has 1 aliphatic heterocycles. The van der Waals surface area contributed by atoms with Crippen LogP contribution in [0, 0.1) is 0 Å². The maximum atomic E-state index is 11.7. The zero-order valence-corrected chi connectivity index (χ0v) is 10.6. The van der Waals surface area contributed by atoms with Gasteiger partial charge in [0.05, 0.1) is 0 Å². The van der Waals surface area contributed by atoms with Crippen molar-refractivity contribution in [1.82, 2.24) is 5.32 Å². The molecule has 19 heavy (non-hydrogen) atoms. The van der Waals surface area contributed by atoms with Crippen molar-refractivity contribution in [3.05, 3.63) is 42.0 Å². The number of nitrogens with one attached hydrogen (secondary N) is 1. The summed E-state index contributed by atoms with van der Waals surface area (Å²) in [6.45, 7) is 2.18. The van der Waals surface area contributed by atoms with E-state index in [1.54, 1.807) is 0 Å². The molecule has 2 aromatic rings. The molecule has 4 nitrogen and oxygen atoms in total. The minimum atomic E-state index is -0.345. The lowest BCUT2D eigenvalue weighted by atomic mass is 10.0. The smallest absolute Gasteiger partial charge is 0.285 e. The highest BCUT2D eigenvalue weighted by Crippen LogP contribution is 2.27. The molecule has 1 fully saturated rings. The second-order valence-electron chi connectivity index (χ2n) is 4.62. The molecule has 0 bridgehead atoms. The van der Waals surface area contributed by atoms with Gasteiger partial charge in [0.1, 0.15) is 6.54 Å². The Bertz CT molecular complexity index is 679. The molecule has 0 aliphatic carbocycles. The number of benzene rings is 2. The van der Waals surface area contributed by atoms with Crippen molar-refractivity contribution in [2.45, 2.75) is 13.3 Å². The van der Waals surface area contributed by atoms with Crippen LogP contribution in [0.2, 0.25) is 0 Å². The van der Waals surface area contributed by atoms with E-state index in [4.69, 9.17) is 0 Å². The predicted octanol–water partition coefficient (Wildman–Crippen LogP) is 2.46. The van der Waals surface area contributed by atoms with E-state index < -0.39 is 0 Å². The van der Waals surface area contributed by atoms with Crippen LogP contribution in [0.1, 0.15) is 12.5 Å². The first-order valence-corrected chi connectivity index (χ1v) is 6.32. The summed E-state index contributed by atoms with van der Waals surface area (Å²) >= 11 is 0. The number of imide groups is 1. The molecular weight excluding hydrogens is 240 g/mol. The van der Waals surface area contributed by atoms with Crippen LogP contribution in [0.15, 0.2) is 36.4 Å². The average Bonchev–Trinajstić information content (AvgIpc) is 2.76. The third kappa shape index (κ3) is 1.95. The van der Waals surface area contributed by atoms with Gasteiger partial charge >= 0.3 is 6.03 Å². The van der Waals surface area contributed by atoms with Crippen LogP contribution in [-0.4, -0.2) is 18.5 Å². The summed E-state index contributed by atoms with van der Waals surface area (Å²) in [5, 5.41) is 4.58. The van der Waals surface area contributed by atoms with Crippen molar-refractivity contribution in [2.75, 3.05) is 11.4 Å². The Labute approximate surface area is 111 Å². The van der Waals surface area contributed by atoms with Gasteiger partial charge in [0.25, 0.3) is 0 Å². The number of aryl methyl sites for hydroxylation is 1. The van der Waals surface area contributed by atoms with Gasteiger partial charge in [-0.25, -0.2) is 4.79 Å². The van der Waals surface area contributed by atoms with Crippen LogP contribution in [-0.2, 0) is 11.2 Å². The van der Waals surface area contributed by atoms with Gasteiger partial charge in [-0.3, -0.25) is 15.0 Å². The number of amides is 3. The molecule has 4 heteroatoms. The Balaban J connectivity index is 2.15. The van der Waals surface area contributed by atoms with Crippen LogP contribution in [0.4, 0.5) is 10.5 Å². The van der Waals surface area contributed by atoms with Crippen molar-refractivity contribution in [1.29, 1.82) is 0 Å². The Morgan fingerprint density at radius 3 is 2.68 bits per heavy atom. The van der Waals surface area contributed by atoms with E-state index in [0.717, 1.165) is 17.5 Å². The summed E-state index contributed by atoms with van der Waals surface area (Å²) in [6.07, 6.45) is 0.887. The summed E-state index contributed by atoms with van der Waals surface area (Å²) in [6, 6.07) is 11.7. The molecule has 0 spiro atoms. The first kappa shape index (κ1) is 11.7. The lowest BCUT2D eigenvalue weighted by Gasteiger charge is -2.16. The molecule has 0 unspecified atom stereocenters. The maximum absolute atomic E-state index is 11.7. The summed E-state index contributed by atoms with van der Waals surface area (Å²) in [4.78, 5) is 24.5. The predicted molar refractivity (Wildman–Crippen MR) is 74.2 cm³/mol. The van der Waals surface area contributed by atoms with Gasteiger partial charge in [0.15, 0.2) is 0 Å². The molecule has 1 saturated heterocycles. The molecule has 2 aromatic carbocycles. The van der Waals surface area contributed by atoms with E-state index in [2.05, 4.69) is 18.3 Å². The zero-order valence-electron chi connectivity index (χ0n) is 10.6. The normalized spacial score (nSPS) is 15.1. The SMILES string of the molecule is CCc1cc(N2CC(=O)NC2=O)cc2ccccc12. The quantitative estimate of drug-likeness (QED) is 0.837. The fourth-order valence-electron chi connectivity index (χ4n) is 2.47. The molecule has 96 valence electrons. The van der Waals surface area contributed by atoms with Gasteiger partial charge in [0.2, 0.25) is 5.91 Å². The van der Waals surface area contributed by atoms with Crippen molar-refractivity contribution in [3.8, 4) is 0 Å². The molecular formula is C15H14N2O2. The molecule has 1 heterocycles. The van der Waals surface area contributed by atoms with Gasteiger partial charge in [0, 0.05) is 5.69 Å². The minimum Gasteiger partial charge on any atom is -0.285 e. The third-order valence-corrected chi connectivity index (χ3v) is 3.42. The number of carbonyl (C=O) groups is 2. The Morgan fingerprint density at radius 1 is 1.21 bits per heavy atom. The number of hydrogen-bond donors (Lipinski definition) is 1. The molecule has 1 aliphatic rings. The van der Waals surface area contributed by atoms with Crippen LogP contribution in [0.25, 0.3) is 10.8 Å². The second kappa shape index (κ2) is 4.39. The Morgan fingerprint density at radius 2 is 2.00 bits per heavy atom. The van der Waals surface area contributed by atoms with E-state index in [1.165, 1.54) is 15.8 Å². The fraction of sp³-hybridized carbons (Fsp3) is 0.200. The monoisotopic (exact) mass is 254 g/mol. The molecule has 0 saturated carbocycles. The van der Waals surface area contributed by atoms with Crippen LogP contribution in [0.3, 0.4) is 0 Å². The molecule has 0 radical (unpaired) electrons. The van der Waals surface area contributed by atoms with Crippen molar-refractivity contribution in [2.24, 2.45) is 0 Å². The average molecular weight is 254 g/mol. The topological polar surface area (TPSA) is 49.4 Å². The van der Waals surface area contributed by atoms with E-state index >= 15 is 0 Å². The first-order chi connectivity index (χ1) is 9.19. The number of hydrogen-bond acceptors (Lipinski definition) is 2. The van der Waals surface area contributed by atoms with E-state index in [1.807, 2.05) is 30.3 Å². The lowest BCUT2D eigenvalue weighted by Crippen LogP contribution is -2.27. The highest BCUT2D eigenvalue weighted by Gasteiger charge is 2.28. The molecule has 0 aromatic heterocycles. The number of fused-ring (bicyclic) bond motifs is 1. The number of urea groups is 1. The van der Waals surface area contributed by atoms with Crippen LogP contribution >= 0.6 is 0 Å². The third-order valence-electron chi connectivity index (χ3n) is 3.42. The van der Waals surface area contributed by atoms with Crippen LogP contribution in [0.5, 0.6) is 0 Å². The van der Waals surface area contributed by atoms with Crippen LogP contribution < -0.4 is 10.2 Å². The molecule has 3 rings (SSSR count). The van der Waals surface area contributed by atoms with Crippen molar-refractivity contribution >= 4 is 28.4 Å². The molecule has 3 amide bonds. The highest BCUT2D eigenvalue weighted by molar-refractivity contribution is 6.12. The largest absolute Gasteiger partial charge is 0.329 e. The number of rotatable bonds is 2. The zero-order chi connectivity index (χ0) is 13.4. The first-order valence-electron chi connectivity index (χ1n) is 6.32. The number of nitrogens with zero attached hydrogens (tertiary/aromatic N) is 1. The second-order valence-corrected chi connectivity index (χ2v) is 4.62. The summed E-state index contributed by atoms with van der Waals surface area (Å²) in [7, 11) is 0. The van der Waals surface area contributed by atoms with E-state index in [9.17, 15) is 9.59 Å². The van der Waals surface area contributed by atoms with Gasteiger partial charge in [-0.1, -0.05) is 31.2 Å². The van der Waals surface area contributed by atoms with Gasteiger partial charge in [-0.2, -0.15) is 0 Å². The Hall–Kier alpha value is -2.36. The highest BCUT2D eigenvalue weighted by atomic mass is 16.2. The molecule has 0 atom stereocenters. The van der Waals surface area contributed by atoms with Crippen molar-refractivity contribution in [3.63, 3.8) is 0 Å². The summed E-state index contributed by atoms with van der Waals surface area (Å²) in [5.41, 5.74) is 1.96.